The van der Waals surface area contributed by atoms with Crippen LogP contribution in [0.3, 0.4) is 0 Å². The van der Waals surface area contributed by atoms with Crippen molar-refractivity contribution in [3.63, 3.8) is 0 Å². The maximum atomic E-state index is 14.7. The van der Waals surface area contributed by atoms with E-state index in [1.54, 1.807) is 20.8 Å². The molecule has 0 bridgehead atoms. The van der Waals surface area contributed by atoms with Crippen molar-refractivity contribution in [3.8, 4) is 11.4 Å². The Labute approximate surface area is 276 Å². The molecule has 3 amide bonds. The predicted octanol–water partition coefficient (Wildman–Crippen LogP) is 3.20. The number of benzene rings is 1. The number of nitrogens with one attached hydrogen (secondary N) is 2. The van der Waals surface area contributed by atoms with Gasteiger partial charge in [0.25, 0.3) is 0 Å². The van der Waals surface area contributed by atoms with Gasteiger partial charge in [0.15, 0.2) is 0 Å². The fraction of sp³-hybridized carbons (Fsp3) is 0.594. The Kier molecular flexibility index (Phi) is 9.74. The molecule has 1 aromatic carbocycles. The SMILES string of the molecule is CN(C)c1c(F)cc(-c2nnn([C@H]3C[C@H]4C(=O)N[C@@]5(C(=O)O)C[C@H]5/C=C\CCCCC[C@H](NC(=O)OC(C)(C)C)C(=O)N4C3)n2)cc1F. The second-order valence-corrected chi connectivity index (χ2v) is 13.9. The number of aliphatic carboxylic acids is 1. The Hall–Kier alpha value is -4.63. The summed E-state index contributed by atoms with van der Waals surface area (Å²) in [5.74, 6) is -4.48. The van der Waals surface area contributed by atoms with E-state index in [1.807, 2.05) is 12.2 Å². The number of ether oxygens (including phenoxy) is 1. The number of anilines is 1. The summed E-state index contributed by atoms with van der Waals surface area (Å²) in [6, 6.07) is -0.696. The number of hydrogen-bond donors (Lipinski definition) is 3. The number of rotatable bonds is 5. The lowest BCUT2D eigenvalue weighted by Gasteiger charge is -2.30. The first-order chi connectivity index (χ1) is 22.6. The van der Waals surface area contributed by atoms with Crippen LogP contribution in [0.2, 0.25) is 0 Å². The van der Waals surface area contributed by atoms with Crippen LogP contribution in [-0.2, 0) is 19.1 Å². The summed E-state index contributed by atoms with van der Waals surface area (Å²) in [6.45, 7) is 5.02. The molecule has 1 aliphatic carbocycles. The molecule has 14 nitrogen and oxygen atoms in total. The third-order valence-corrected chi connectivity index (χ3v) is 8.81. The lowest BCUT2D eigenvalue weighted by molar-refractivity contribution is -0.145. The van der Waals surface area contributed by atoms with E-state index < -0.39 is 70.7 Å². The minimum absolute atomic E-state index is 0.00890. The summed E-state index contributed by atoms with van der Waals surface area (Å²) in [5, 5.41) is 27.8. The molecule has 0 radical (unpaired) electrons. The van der Waals surface area contributed by atoms with Crippen LogP contribution in [0.5, 0.6) is 0 Å². The molecule has 3 aliphatic rings. The van der Waals surface area contributed by atoms with Crippen molar-refractivity contribution in [2.75, 3.05) is 25.5 Å². The van der Waals surface area contributed by atoms with E-state index in [2.05, 4.69) is 26.0 Å². The molecular weight excluding hydrogens is 630 g/mol. The molecular formula is C32H42F2N8O6. The van der Waals surface area contributed by atoms with E-state index in [9.17, 15) is 33.1 Å². The van der Waals surface area contributed by atoms with Crippen molar-refractivity contribution in [1.29, 1.82) is 0 Å². The first kappa shape index (κ1) is 34.7. The van der Waals surface area contributed by atoms with Crippen LogP contribution < -0.4 is 15.5 Å². The van der Waals surface area contributed by atoms with Crippen molar-refractivity contribution in [2.45, 2.75) is 95.0 Å². The monoisotopic (exact) mass is 672 g/mol. The number of carboxylic acid groups (broad SMARTS) is 1. The zero-order chi connectivity index (χ0) is 35.0. The van der Waals surface area contributed by atoms with Gasteiger partial charge in [-0.3, -0.25) is 9.59 Å². The van der Waals surface area contributed by atoms with Gasteiger partial charge in [0.2, 0.25) is 17.6 Å². The Bertz CT molecular complexity index is 1580. The van der Waals surface area contributed by atoms with Crippen LogP contribution >= 0.6 is 0 Å². The molecule has 1 saturated heterocycles. The molecule has 260 valence electrons. The molecule has 1 saturated carbocycles. The predicted molar refractivity (Wildman–Crippen MR) is 169 cm³/mol. The fourth-order valence-corrected chi connectivity index (χ4v) is 6.31. The number of aromatic nitrogens is 4. The first-order valence-electron chi connectivity index (χ1n) is 16.1. The first-order valence-corrected chi connectivity index (χ1v) is 16.1. The van der Waals surface area contributed by atoms with Crippen LogP contribution in [-0.4, -0.2) is 98.0 Å². The van der Waals surface area contributed by atoms with Gasteiger partial charge >= 0.3 is 12.1 Å². The number of tetrazole rings is 1. The van der Waals surface area contributed by atoms with Gasteiger partial charge < -0.3 is 30.3 Å². The summed E-state index contributed by atoms with van der Waals surface area (Å²) >= 11 is 0. The largest absolute Gasteiger partial charge is 0.479 e. The normalized spacial score (nSPS) is 27.1. The minimum Gasteiger partial charge on any atom is -0.479 e. The Morgan fingerprint density at radius 2 is 1.85 bits per heavy atom. The average molecular weight is 673 g/mol. The van der Waals surface area contributed by atoms with Crippen molar-refractivity contribution in [1.82, 2.24) is 35.7 Å². The molecule has 2 aromatic rings. The smallest absolute Gasteiger partial charge is 0.408 e. The molecule has 3 N–H and O–H groups in total. The van der Waals surface area contributed by atoms with Gasteiger partial charge in [0, 0.05) is 38.5 Å². The number of nitrogens with zero attached hydrogens (tertiary/aromatic N) is 6. The zero-order valence-corrected chi connectivity index (χ0v) is 27.7. The average Bonchev–Trinajstić information content (AvgIpc) is 3.30. The number of carbonyl (C=O) groups excluding carboxylic acids is 3. The third kappa shape index (κ3) is 7.41. The van der Waals surface area contributed by atoms with Gasteiger partial charge in [-0.15, -0.1) is 10.2 Å². The zero-order valence-electron chi connectivity index (χ0n) is 27.7. The van der Waals surface area contributed by atoms with Crippen LogP contribution in [0.25, 0.3) is 11.4 Å². The molecule has 1 aromatic heterocycles. The van der Waals surface area contributed by atoms with Crippen LogP contribution in [0.1, 0.15) is 71.8 Å². The molecule has 48 heavy (non-hydrogen) atoms. The molecule has 2 aliphatic heterocycles. The summed E-state index contributed by atoms with van der Waals surface area (Å²) < 4.78 is 34.9. The summed E-state index contributed by atoms with van der Waals surface area (Å²) in [7, 11) is 3.02. The number of alkyl carbamates (subject to hydrolysis) is 1. The third-order valence-electron chi connectivity index (χ3n) is 8.81. The van der Waals surface area contributed by atoms with Gasteiger partial charge in [-0.2, -0.15) is 4.80 Å². The van der Waals surface area contributed by atoms with Crippen LogP contribution in [0.15, 0.2) is 24.3 Å². The Morgan fingerprint density at radius 3 is 2.50 bits per heavy atom. The molecule has 5 rings (SSSR count). The van der Waals surface area contributed by atoms with Gasteiger partial charge in [0.05, 0.1) is 6.04 Å². The number of amides is 3. The highest BCUT2D eigenvalue weighted by Gasteiger charge is 2.61. The van der Waals surface area contributed by atoms with Crippen molar-refractivity contribution < 1.29 is 37.8 Å². The molecule has 0 unspecified atom stereocenters. The lowest BCUT2D eigenvalue weighted by Crippen LogP contribution is -2.56. The Balaban J connectivity index is 1.45. The minimum atomic E-state index is -1.50. The highest BCUT2D eigenvalue weighted by molar-refractivity contribution is 5.96. The number of fused-ring (bicyclic) bond motifs is 2. The number of carboxylic acids is 1. The molecule has 16 heteroatoms. The lowest BCUT2D eigenvalue weighted by atomic mass is 10.0. The number of carbonyl (C=O) groups is 4. The van der Waals surface area contributed by atoms with Gasteiger partial charge in [-0.25, -0.2) is 18.4 Å². The Morgan fingerprint density at radius 1 is 1.15 bits per heavy atom. The number of halogens is 2. The van der Waals surface area contributed by atoms with Crippen molar-refractivity contribution in [3.05, 3.63) is 35.9 Å². The van der Waals surface area contributed by atoms with E-state index in [-0.39, 0.29) is 42.9 Å². The summed E-state index contributed by atoms with van der Waals surface area (Å²) in [5.41, 5.74) is -2.50. The number of hydrogen-bond acceptors (Lipinski definition) is 9. The topological polar surface area (TPSA) is 172 Å². The molecule has 0 spiro atoms. The molecule has 5 atom stereocenters. The maximum absolute atomic E-state index is 14.7. The fourth-order valence-electron chi connectivity index (χ4n) is 6.31. The quantitative estimate of drug-likeness (QED) is 0.401. The van der Waals surface area contributed by atoms with Crippen LogP contribution in [0.4, 0.5) is 19.3 Å². The maximum Gasteiger partial charge on any atom is 0.408 e. The second-order valence-electron chi connectivity index (χ2n) is 13.9. The van der Waals surface area contributed by atoms with E-state index in [4.69, 9.17) is 4.74 Å². The standard InChI is InChI=1S/C32H42F2N8O6/c1-31(2,3)48-30(47)35-23-12-10-8-6-7-9-11-19-16-32(19,29(45)46)36-27(43)24-15-20(17-41(24)28(23)44)42-38-26(37-39-42)18-13-21(33)25(40(4)5)22(34)14-18/h9,11,13-14,19-20,23-24H,6-8,10,12,15-17H2,1-5H3,(H,35,47)(H,36,43)(H,45,46)/b11-9-/t19-,20+,23+,24+,32+/m1/s1. The highest BCUT2D eigenvalue weighted by Crippen LogP contribution is 2.45. The van der Waals surface area contributed by atoms with Crippen molar-refractivity contribution in [2.24, 2.45) is 5.92 Å². The van der Waals surface area contributed by atoms with Gasteiger partial charge in [-0.1, -0.05) is 25.0 Å². The van der Waals surface area contributed by atoms with Crippen molar-refractivity contribution >= 4 is 29.6 Å². The highest BCUT2D eigenvalue weighted by atomic mass is 19.1. The van der Waals surface area contributed by atoms with E-state index >= 15 is 0 Å². The van der Waals surface area contributed by atoms with E-state index in [0.29, 0.717) is 12.8 Å². The summed E-state index contributed by atoms with van der Waals surface area (Å²) in [6.07, 6.45) is 6.30. The molecule has 3 heterocycles. The summed E-state index contributed by atoms with van der Waals surface area (Å²) in [4.78, 5) is 57.0. The van der Waals surface area contributed by atoms with E-state index in [1.165, 1.54) is 28.7 Å². The second kappa shape index (κ2) is 13.5. The van der Waals surface area contributed by atoms with E-state index in [0.717, 1.165) is 25.0 Å². The number of allylic oxidation sites excluding steroid dienone is 1. The molecule has 2 fully saturated rings. The van der Waals surface area contributed by atoms with Gasteiger partial charge in [-0.05, 0) is 63.8 Å². The van der Waals surface area contributed by atoms with Gasteiger partial charge in [0.1, 0.15) is 40.5 Å². The van der Waals surface area contributed by atoms with Crippen LogP contribution in [0, 0.1) is 17.6 Å².